The van der Waals surface area contributed by atoms with Gasteiger partial charge < -0.3 is 15.4 Å². The van der Waals surface area contributed by atoms with Gasteiger partial charge >= 0.3 is 6.18 Å². The quantitative estimate of drug-likeness (QED) is 0.719. The first-order valence-electron chi connectivity index (χ1n) is 7.14. The van der Waals surface area contributed by atoms with Gasteiger partial charge in [-0.25, -0.2) is 0 Å². The molecule has 128 valence electrons. The Morgan fingerprint density at radius 1 is 1.17 bits per heavy atom. The van der Waals surface area contributed by atoms with Gasteiger partial charge in [-0.2, -0.15) is 13.2 Å². The molecule has 0 aliphatic carbocycles. The van der Waals surface area contributed by atoms with Gasteiger partial charge in [0, 0.05) is 12.2 Å². The van der Waals surface area contributed by atoms with Gasteiger partial charge in [0.1, 0.15) is 13.2 Å². The zero-order valence-electron chi connectivity index (χ0n) is 12.7. The molecule has 0 fully saturated rings. The van der Waals surface area contributed by atoms with Crippen LogP contribution in [0.15, 0.2) is 24.3 Å². The number of carbonyl (C=O) groups is 2. The van der Waals surface area contributed by atoms with Crippen LogP contribution in [0, 0.1) is 0 Å². The highest BCUT2D eigenvalue weighted by Gasteiger charge is 2.30. The summed E-state index contributed by atoms with van der Waals surface area (Å²) < 4.78 is 42.5. The van der Waals surface area contributed by atoms with E-state index < -0.39 is 24.3 Å². The summed E-state index contributed by atoms with van der Waals surface area (Å²) in [5.74, 6) is -0.976. The van der Waals surface area contributed by atoms with Gasteiger partial charge in [0.15, 0.2) is 0 Å². The van der Waals surface area contributed by atoms with Crippen molar-refractivity contribution in [2.24, 2.45) is 0 Å². The van der Waals surface area contributed by atoms with E-state index >= 15 is 0 Å². The molecule has 23 heavy (non-hydrogen) atoms. The Kier molecular flexibility index (Phi) is 7.53. The second kappa shape index (κ2) is 9.14. The highest BCUT2D eigenvalue weighted by Crippen LogP contribution is 2.30. The maximum atomic E-state index is 12.5. The summed E-state index contributed by atoms with van der Waals surface area (Å²) in [5.41, 5.74) is -0.840. The molecule has 1 rings (SSSR count). The number of alkyl halides is 3. The lowest BCUT2D eigenvalue weighted by Gasteiger charge is -2.10. The van der Waals surface area contributed by atoms with Crippen molar-refractivity contribution in [1.82, 2.24) is 5.32 Å². The molecule has 5 nitrogen and oxygen atoms in total. The lowest BCUT2D eigenvalue weighted by atomic mass is 10.2. The number of ether oxygens (including phenoxy) is 1. The average Bonchev–Trinajstić information content (AvgIpc) is 2.47. The van der Waals surface area contributed by atoms with Gasteiger partial charge in [0.25, 0.3) is 0 Å². The first-order chi connectivity index (χ1) is 10.8. The van der Waals surface area contributed by atoms with Gasteiger partial charge in [-0.05, 0) is 24.6 Å². The van der Waals surface area contributed by atoms with E-state index in [0.717, 1.165) is 25.0 Å². The summed E-state index contributed by atoms with van der Waals surface area (Å²) >= 11 is 0. The molecule has 0 aliphatic rings. The Hall–Kier alpha value is -2.09. The van der Waals surface area contributed by atoms with Crippen LogP contribution in [0.3, 0.4) is 0 Å². The fourth-order valence-electron chi connectivity index (χ4n) is 1.66. The van der Waals surface area contributed by atoms with E-state index in [1.807, 2.05) is 6.92 Å². The second-order valence-corrected chi connectivity index (χ2v) is 4.82. The van der Waals surface area contributed by atoms with E-state index in [4.69, 9.17) is 4.74 Å². The van der Waals surface area contributed by atoms with E-state index in [-0.39, 0.29) is 18.2 Å². The molecule has 1 aromatic carbocycles. The van der Waals surface area contributed by atoms with E-state index in [1.165, 1.54) is 12.1 Å². The summed E-state index contributed by atoms with van der Waals surface area (Å²) in [6, 6.07) is 4.27. The highest BCUT2D eigenvalue weighted by atomic mass is 19.4. The second-order valence-electron chi connectivity index (χ2n) is 4.82. The van der Waals surface area contributed by atoms with Crippen molar-refractivity contribution in [2.45, 2.75) is 25.9 Å². The van der Waals surface area contributed by atoms with Gasteiger partial charge in [-0.3, -0.25) is 9.59 Å². The van der Waals surface area contributed by atoms with Crippen molar-refractivity contribution in [3.63, 3.8) is 0 Å². The highest BCUT2D eigenvalue weighted by molar-refractivity contribution is 5.92. The zero-order valence-corrected chi connectivity index (χ0v) is 12.7. The number of carbonyl (C=O) groups excluding carboxylic acids is 2. The summed E-state index contributed by atoms with van der Waals surface area (Å²) in [7, 11) is 0. The smallest absolute Gasteiger partial charge is 0.362 e. The molecule has 1 aromatic rings. The molecule has 0 aromatic heterocycles. The number of halogens is 3. The number of benzene rings is 1. The first kappa shape index (κ1) is 19.0. The van der Waals surface area contributed by atoms with Crippen LogP contribution in [0.2, 0.25) is 0 Å². The Bertz CT molecular complexity index is 533. The van der Waals surface area contributed by atoms with Gasteiger partial charge in [-0.1, -0.05) is 19.4 Å². The number of nitrogens with one attached hydrogen (secondary N) is 2. The molecular formula is C15H19F3N2O3. The maximum Gasteiger partial charge on any atom is 0.416 e. The van der Waals surface area contributed by atoms with Crippen molar-refractivity contribution in [3.05, 3.63) is 29.8 Å². The fourth-order valence-corrected chi connectivity index (χ4v) is 1.66. The van der Waals surface area contributed by atoms with E-state index in [2.05, 4.69) is 10.6 Å². The Labute approximate surface area is 132 Å². The van der Waals surface area contributed by atoms with E-state index in [0.29, 0.717) is 6.54 Å². The summed E-state index contributed by atoms with van der Waals surface area (Å²) in [5, 5.41) is 4.90. The number of hydrogen-bond acceptors (Lipinski definition) is 3. The minimum absolute atomic E-state index is 0.0147. The molecule has 0 unspecified atom stereocenters. The third-order valence-electron chi connectivity index (χ3n) is 2.79. The van der Waals surface area contributed by atoms with Crippen LogP contribution >= 0.6 is 0 Å². The minimum Gasteiger partial charge on any atom is -0.362 e. The third-order valence-corrected chi connectivity index (χ3v) is 2.79. The maximum absolute atomic E-state index is 12.5. The molecular weight excluding hydrogens is 313 g/mol. The first-order valence-corrected chi connectivity index (χ1v) is 7.14. The Morgan fingerprint density at radius 3 is 2.52 bits per heavy atom. The monoisotopic (exact) mass is 332 g/mol. The predicted molar refractivity (Wildman–Crippen MR) is 78.8 cm³/mol. The largest absolute Gasteiger partial charge is 0.416 e. The SMILES string of the molecule is CCCCNC(=O)COCC(=O)Nc1cccc(C(F)(F)F)c1. The van der Waals surface area contributed by atoms with Crippen LogP contribution in [-0.2, 0) is 20.5 Å². The number of unbranched alkanes of at least 4 members (excludes halogenated alkanes) is 1. The molecule has 8 heteroatoms. The van der Waals surface area contributed by atoms with E-state index in [1.54, 1.807) is 0 Å². The van der Waals surface area contributed by atoms with Crippen molar-refractivity contribution in [3.8, 4) is 0 Å². The number of hydrogen-bond donors (Lipinski definition) is 2. The fraction of sp³-hybridized carbons (Fsp3) is 0.467. The minimum atomic E-state index is -4.48. The van der Waals surface area contributed by atoms with Crippen molar-refractivity contribution >= 4 is 17.5 Å². The van der Waals surface area contributed by atoms with Crippen LogP contribution in [0.5, 0.6) is 0 Å². The van der Waals surface area contributed by atoms with Gasteiger partial charge in [-0.15, -0.1) is 0 Å². The summed E-state index contributed by atoms with van der Waals surface area (Å²) in [6.45, 7) is 1.83. The van der Waals surface area contributed by atoms with Crippen LogP contribution in [0.1, 0.15) is 25.3 Å². The molecule has 2 amide bonds. The molecule has 0 spiro atoms. The molecule has 0 heterocycles. The molecule has 0 bridgehead atoms. The molecule has 0 aliphatic heterocycles. The zero-order chi connectivity index (χ0) is 17.3. The third kappa shape index (κ3) is 7.64. The topological polar surface area (TPSA) is 67.4 Å². The lowest BCUT2D eigenvalue weighted by molar-refractivity contribution is -0.137. The normalized spacial score (nSPS) is 11.1. The van der Waals surface area contributed by atoms with E-state index in [9.17, 15) is 22.8 Å². The number of amides is 2. The number of anilines is 1. The molecule has 0 saturated carbocycles. The Balaban J connectivity index is 2.36. The average molecular weight is 332 g/mol. The van der Waals surface area contributed by atoms with Crippen molar-refractivity contribution < 1.29 is 27.5 Å². The molecule has 2 N–H and O–H groups in total. The standard InChI is InChI=1S/C15H19F3N2O3/c1-2-3-7-19-13(21)9-23-10-14(22)20-12-6-4-5-11(8-12)15(16,17)18/h4-6,8H,2-3,7,9-10H2,1H3,(H,19,21)(H,20,22). The van der Waals surface area contributed by atoms with Crippen LogP contribution in [0.4, 0.5) is 18.9 Å². The van der Waals surface area contributed by atoms with Gasteiger partial charge in [0.05, 0.1) is 5.56 Å². The number of rotatable bonds is 8. The lowest BCUT2D eigenvalue weighted by Crippen LogP contribution is -2.30. The predicted octanol–water partition coefficient (Wildman–Crippen LogP) is 2.58. The molecule has 0 saturated heterocycles. The van der Waals surface area contributed by atoms with Gasteiger partial charge in [0.2, 0.25) is 11.8 Å². The Morgan fingerprint density at radius 2 is 1.87 bits per heavy atom. The van der Waals surface area contributed by atoms with Crippen molar-refractivity contribution in [2.75, 3.05) is 25.1 Å². The van der Waals surface area contributed by atoms with Crippen LogP contribution < -0.4 is 10.6 Å². The molecule has 0 radical (unpaired) electrons. The van der Waals surface area contributed by atoms with Crippen molar-refractivity contribution in [1.29, 1.82) is 0 Å². The summed E-state index contributed by atoms with van der Waals surface area (Å²) in [4.78, 5) is 22.9. The summed E-state index contributed by atoms with van der Waals surface area (Å²) in [6.07, 6.45) is -2.68. The molecule has 0 atom stereocenters. The van der Waals surface area contributed by atoms with Crippen LogP contribution in [0.25, 0.3) is 0 Å². The van der Waals surface area contributed by atoms with Crippen LogP contribution in [-0.4, -0.2) is 31.6 Å².